The van der Waals surface area contributed by atoms with Gasteiger partial charge < -0.3 is 5.11 Å². The summed E-state index contributed by atoms with van der Waals surface area (Å²) in [7, 11) is 0. The van der Waals surface area contributed by atoms with Gasteiger partial charge in [0, 0.05) is 17.5 Å². The molecule has 2 atom stereocenters. The Morgan fingerprint density at radius 1 is 1.73 bits per heavy atom. The summed E-state index contributed by atoms with van der Waals surface area (Å²) in [5.41, 5.74) is 0. The van der Waals surface area contributed by atoms with Gasteiger partial charge in [-0.3, -0.25) is 9.69 Å². The van der Waals surface area contributed by atoms with Gasteiger partial charge in [0.25, 0.3) is 0 Å². The van der Waals surface area contributed by atoms with Gasteiger partial charge in [-0.25, -0.2) is 0 Å². The van der Waals surface area contributed by atoms with Crippen LogP contribution in [0.15, 0.2) is 17.5 Å². The zero-order chi connectivity index (χ0) is 10.8. The molecule has 0 spiro atoms. The van der Waals surface area contributed by atoms with Crippen molar-refractivity contribution in [2.45, 2.75) is 25.9 Å². The molecule has 1 aliphatic heterocycles. The van der Waals surface area contributed by atoms with E-state index in [1.807, 2.05) is 13.0 Å². The van der Waals surface area contributed by atoms with Crippen molar-refractivity contribution in [3.8, 4) is 0 Å². The maximum Gasteiger partial charge on any atom is 0.308 e. The van der Waals surface area contributed by atoms with Crippen LogP contribution in [0.25, 0.3) is 0 Å². The highest BCUT2D eigenvalue weighted by molar-refractivity contribution is 7.09. The summed E-state index contributed by atoms with van der Waals surface area (Å²) in [6.07, 6.45) is 0.780. The Morgan fingerprint density at radius 2 is 2.53 bits per heavy atom. The van der Waals surface area contributed by atoms with Gasteiger partial charge in [-0.1, -0.05) is 6.07 Å². The third-order valence-corrected chi connectivity index (χ3v) is 4.00. The Labute approximate surface area is 93.3 Å². The fourth-order valence-corrected chi connectivity index (χ4v) is 2.89. The van der Waals surface area contributed by atoms with Crippen molar-refractivity contribution < 1.29 is 9.90 Å². The van der Waals surface area contributed by atoms with E-state index in [1.54, 1.807) is 11.3 Å². The molecule has 15 heavy (non-hydrogen) atoms. The van der Waals surface area contributed by atoms with Crippen molar-refractivity contribution in [3.63, 3.8) is 0 Å². The minimum absolute atomic E-state index is 0.157. The minimum Gasteiger partial charge on any atom is -0.481 e. The Hall–Kier alpha value is -0.870. The molecule has 0 amide bonds. The number of thiophene rings is 1. The first kappa shape index (κ1) is 10.6. The van der Waals surface area contributed by atoms with Gasteiger partial charge in [0.2, 0.25) is 0 Å². The zero-order valence-corrected chi connectivity index (χ0v) is 9.54. The van der Waals surface area contributed by atoms with Gasteiger partial charge >= 0.3 is 5.97 Å². The molecule has 0 bridgehead atoms. The molecule has 1 N–H and O–H groups in total. The summed E-state index contributed by atoms with van der Waals surface area (Å²) in [6, 6.07) is 4.30. The highest BCUT2D eigenvalue weighted by Crippen LogP contribution is 2.26. The van der Waals surface area contributed by atoms with Gasteiger partial charge in [0.15, 0.2) is 0 Å². The van der Waals surface area contributed by atoms with Crippen LogP contribution in [0.5, 0.6) is 0 Å². The molecule has 1 aromatic rings. The number of hydrogen-bond acceptors (Lipinski definition) is 3. The van der Waals surface area contributed by atoms with Crippen LogP contribution in [0, 0.1) is 5.92 Å². The lowest BCUT2D eigenvalue weighted by atomic mass is 10.0. The van der Waals surface area contributed by atoms with Crippen molar-refractivity contribution in [1.29, 1.82) is 0 Å². The topological polar surface area (TPSA) is 40.5 Å². The fraction of sp³-hybridized carbons (Fsp3) is 0.545. The molecule has 1 saturated heterocycles. The molecule has 0 saturated carbocycles. The van der Waals surface area contributed by atoms with Crippen molar-refractivity contribution in [2.75, 3.05) is 6.54 Å². The van der Waals surface area contributed by atoms with Crippen LogP contribution in [-0.4, -0.2) is 28.6 Å². The van der Waals surface area contributed by atoms with E-state index in [0.717, 1.165) is 19.5 Å². The first-order chi connectivity index (χ1) is 7.18. The van der Waals surface area contributed by atoms with Crippen LogP contribution in [0.4, 0.5) is 0 Å². The number of aliphatic carboxylic acids is 1. The number of carboxylic acids is 1. The smallest absolute Gasteiger partial charge is 0.308 e. The van der Waals surface area contributed by atoms with Gasteiger partial charge in [0.1, 0.15) is 0 Å². The number of likely N-dealkylation sites (tertiary alicyclic amines) is 1. The van der Waals surface area contributed by atoms with Crippen molar-refractivity contribution in [1.82, 2.24) is 4.90 Å². The molecule has 0 aliphatic carbocycles. The first-order valence-electron chi connectivity index (χ1n) is 5.17. The molecule has 0 radical (unpaired) electrons. The van der Waals surface area contributed by atoms with Crippen molar-refractivity contribution in [2.24, 2.45) is 5.92 Å². The molecular weight excluding hydrogens is 210 g/mol. The largest absolute Gasteiger partial charge is 0.481 e. The highest BCUT2D eigenvalue weighted by Gasteiger charge is 2.35. The molecule has 2 heterocycles. The highest BCUT2D eigenvalue weighted by atomic mass is 32.1. The summed E-state index contributed by atoms with van der Waals surface area (Å²) < 4.78 is 0. The SMILES string of the molecule is C[C@@H]1[C@@H](C(=O)O)CCN1Cc1cccs1. The van der Waals surface area contributed by atoms with Gasteiger partial charge in [-0.15, -0.1) is 11.3 Å². The van der Waals surface area contributed by atoms with Gasteiger partial charge in [-0.05, 0) is 31.3 Å². The summed E-state index contributed by atoms with van der Waals surface area (Å²) in [6.45, 7) is 3.80. The number of nitrogens with zero attached hydrogens (tertiary/aromatic N) is 1. The van der Waals surface area contributed by atoms with Crippen LogP contribution in [0.1, 0.15) is 18.2 Å². The van der Waals surface area contributed by atoms with E-state index in [1.165, 1.54) is 4.88 Å². The second kappa shape index (κ2) is 4.33. The lowest BCUT2D eigenvalue weighted by Gasteiger charge is -2.22. The van der Waals surface area contributed by atoms with E-state index in [-0.39, 0.29) is 12.0 Å². The fourth-order valence-electron chi connectivity index (χ4n) is 2.16. The molecule has 3 nitrogen and oxygen atoms in total. The van der Waals surface area contributed by atoms with Crippen LogP contribution < -0.4 is 0 Å². The normalized spacial score (nSPS) is 27.0. The second-order valence-electron chi connectivity index (χ2n) is 4.02. The van der Waals surface area contributed by atoms with Gasteiger partial charge in [-0.2, -0.15) is 0 Å². The van der Waals surface area contributed by atoms with E-state index in [9.17, 15) is 4.79 Å². The van der Waals surface area contributed by atoms with E-state index >= 15 is 0 Å². The monoisotopic (exact) mass is 225 g/mol. The molecule has 2 rings (SSSR count). The predicted octanol–water partition coefficient (Wildman–Crippen LogP) is 2.04. The number of carboxylic acid groups (broad SMARTS) is 1. The molecule has 0 aromatic carbocycles. The average molecular weight is 225 g/mol. The third kappa shape index (κ3) is 2.21. The maximum absolute atomic E-state index is 10.9. The van der Waals surface area contributed by atoms with Crippen molar-refractivity contribution >= 4 is 17.3 Å². The standard InChI is InChI=1S/C11H15NO2S/c1-8-10(11(13)14)4-5-12(8)7-9-3-2-6-15-9/h2-3,6,8,10H,4-5,7H2,1H3,(H,13,14)/t8-,10+/m1/s1. The van der Waals surface area contributed by atoms with E-state index in [4.69, 9.17) is 5.11 Å². The Balaban J connectivity index is 1.98. The second-order valence-corrected chi connectivity index (χ2v) is 5.06. The molecule has 4 heteroatoms. The lowest BCUT2D eigenvalue weighted by molar-refractivity contribution is -0.142. The maximum atomic E-state index is 10.9. The molecule has 0 unspecified atom stereocenters. The summed E-state index contributed by atoms with van der Waals surface area (Å²) in [5, 5.41) is 11.1. The van der Waals surface area contributed by atoms with E-state index in [2.05, 4.69) is 16.3 Å². The van der Waals surface area contributed by atoms with Crippen LogP contribution >= 0.6 is 11.3 Å². The van der Waals surface area contributed by atoms with Crippen molar-refractivity contribution in [3.05, 3.63) is 22.4 Å². The number of carbonyl (C=O) groups is 1. The molecule has 1 aromatic heterocycles. The molecule has 1 aliphatic rings. The third-order valence-electron chi connectivity index (χ3n) is 3.14. The minimum atomic E-state index is -0.656. The Morgan fingerprint density at radius 3 is 3.07 bits per heavy atom. The van der Waals surface area contributed by atoms with Crippen LogP contribution in [0.3, 0.4) is 0 Å². The average Bonchev–Trinajstić information content (AvgIpc) is 2.78. The first-order valence-corrected chi connectivity index (χ1v) is 6.05. The van der Waals surface area contributed by atoms with E-state index < -0.39 is 5.97 Å². The van der Waals surface area contributed by atoms with E-state index in [0.29, 0.717) is 0 Å². The Bertz CT molecular complexity index is 336. The molecule has 1 fully saturated rings. The van der Waals surface area contributed by atoms with Crippen LogP contribution in [0.2, 0.25) is 0 Å². The summed E-state index contributed by atoms with van der Waals surface area (Å²) in [5.74, 6) is -0.846. The Kier molecular flexibility index (Phi) is 3.07. The zero-order valence-electron chi connectivity index (χ0n) is 8.72. The predicted molar refractivity (Wildman–Crippen MR) is 59.9 cm³/mol. The lowest BCUT2D eigenvalue weighted by Crippen LogP contribution is -2.32. The summed E-state index contributed by atoms with van der Waals surface area (Å²) >= 11 is 1.73. The quantitative estimate of drug-likeness (QED) is 0.855. The summed E-state index contributed by atoms with van der Waals surface area (Å²) in [4.78, 5) is 14.5. The molecule has 82 valence electrons. The molecular formula is C11H15NO2S. The van der Waals surface area contributed by atoms with Crippen LogP contribution in [-0.2, 0) is 11.3 Å². The van der Waals surface area contributed by atoms with Gasteiger partial charge in [0.05, 0.1) is 5.92 Å². The number of rotatable bonds is 3. The number of hydrogen-bond donors (Lipinski definition) is 1.